The van der Waals surface area contributed by atoms with Gasteiger partial charge in [-0.15, -0.1) is 0 Å². The van der Waals surface area contributed by atoms with Crippen molar-refractivity contribution in [3.05, 3.63) is 12.4 Å². The standard InChI is InChI=1S/C12H21N3OS/c1-3-13-11(10-4-7-16-8-10)9-17-12-14-5-6-15(12)2/h5-6,10-11,13H,3-4,7-9H2,1-2H3. The van der Waals surface area contributed by atoms with Gasteiger partial charge in [0.05, 0.1) is 6.61 Å². The van der Waals surface area contributed by atoms with E-state index in [-0.39, 0.29) is 0 Å². The molecule has 2 heterocycles. The van der Waals surface area contributed by atoms with E-state index in [2.05, 4.69) is 21.8 Å². The second-order valence-electron chi connectivity index (χ2n) is 4.42. The van der Waals surface area contributed by atoms with Crippen molar-refractivity contribution in [3.8, 4) is 0 Å². The molecule has 0 bridgehead atoms. The molecule has 1 aromatic heterocycles. The summed E-state index contributed by atoms with van der Waals surface area (Å²) in [5, 5.41) is 4.66. The zero-order valence-electron chi connectivity index (χ0n) is 10.6. The van der Waals surface area contributed by atoms with E-state index in [1.165, 1.54) is 6.42 Å². The first-order valence-electron chi connectivity index (χ1n) is 6.22. The highest BCUT2D eigenvalue weighted by atomic mass is 32.2. The molecule has 1 aliphatic heterocycles. The molecule has 1 N–H and O–H groups in total. The fraction of sp³-hybridized carbons (Fsp3) is 0.750. The van der Waals surface area contributed by atoms with Gasteiger partial charge >= 0.3 is 0 Å². The molecule has 0 aliphatic carbocycles. The summed E-state index contributed by atoms with van der Waals surface area (Å²) in [7, 11) is 2.04. The molecule has 2 rings (SSSR count). The second-order valence-corrected chi connectivity index (χ2v) is 5.41. The number of hydrogen-bond acceptors (Lipinski definition) is 4. The number of thioether (sulfide) groups is 1. The third-order valence-corrected chi connectivity index (χ3v) is 4.35. The fourth-order valence-electron chi connectivity index (χ4n) is 2.15. The Morgan fingerprint density at radius 1 is 1.71 bits per heavy atom. The minimum atomic E-state index is 0.532. The highest BCUT2D eigenvalue weighted by molar-refractivity contribution is 7.99. The van der Waals surface area contributed by atoms with Gasteiger partial charge in [-0.2, -0.15) is 0 Å². The van der Waals surface area contributed by atoms with E-state index >= 15 is 0 Å². The summed E-state index contributed by atoms with van der Waals surface area (Å²) in [6.07, 6.45) is 5.02. The summed E-state index contributed by atoms with van der Waals surface area (Å²) in [6.45, 7) is 4.99. The molecule has 96 valence electrons. The van der Waals surface area contributed by atoms with Crippen molar-refractivity contribution in [1.29, 1.82) is 0 Å². The molecule has 1 aliphatic rings. The van der Waals surface area contributed by atoms with Gasteiger partial charge < -0.3 is 14.6 Å². The summed E-state index contributed by atoms with van der Waals surface area (Å²) >= 11 is 1.82. The van der Waals surface area contributed by atoms with Crippen molar-refractivity contribution in [1.82, 2.24) is 14.9 Å². The molecular weight excluding hydrogens is 234 g/mol. The fourth-order valence-corrected chi connectivity index (χ4v) is 3.27. The Bertz CT molecular complexity index is 336. The van der Waals surface area contributed by atoms with Crippen LogP contribution in [0.15, 0.2) is 17.6 Å². The van der Waals surface area contributed by atoms with Gasteiger partial charge in [-0.05, 0) is 13.0 Å². The van der Waals surface area contributed by atoms with Gasteiger partial charge in [0.15, 0.2) is 5.16 Å². The molecule has 17 heavy (non-hydrogen) atoms. The van der Waals surface area contributed by atoms with Crippen molar-refractivity contribution in [2.45, 2.75) is 24.5 Å². The summed E-state index contributed by atoms with van der Waals surface area (Å²) in [6, 6.07) is 0.532. The van der Waals surface area contributed by atoms with E-state index in [1.807, 2.05) is 31.2 Å². The van der Waals surface area contributed by atoms with Gasteiger partial charge in [0.2, 0.25) is 0 Å². The maximum atomic E-state index is 5.48. The normalized spacial score (nSPS) is 21.9. The smallest absolute Gasteiger partial charge is 0.167 e. The highest BCUT2D eigenvalue weighted by Crippen LogP contribution is 2.23. The number of aromatic nitrogens is 2. The minimum Gasteiger partial charge on any atom is -0.381 e. The van der Waals surface area contributed by atoms with E-state index in [9.17, 15) is 0 Å². The molecule has 4 nitrogen and oxygen atoms in total. The highest BCUT2D eigenvalue weighted by Gasteiger charge is 2.25. The lowest BCUT2D eigenvalue weighted by Gasteiger charge is -2.22. The van der Waals surface area contributed by atoms with Crippen LogP contribution in [0.4, 0.5) is 0 Å². The van der Waals surface area contributed by atoms with Gasteiger partial charge in [-0.1, -0.05) is 18.7 Å². The van der Waals surface area contributed by atoms with Crippen LogP contribution in [0, 0.1) is 5.92 Å². The summed E-state index contributed by atoms with van der Waals surface area (Å²) in [5.74, 6) is 1.72. The number of ether oxygens (including phenoxy) is 1. The molecule has 0 spiro atoms. The molecule has 0 aromatic carbocycles. The van der Waals surface area contributed by atoms with Crippen molar-refractivity contribution >= 4 is 11.8 Å². The molecule has 2 unspecified atom stereocenters. The Labute approximate surface area is 107 Å². The number of hydrogen-bond donors (Lipinski definition) is 1. The lowest BCUT2D eigenvalue weighted by molar-refractivity contribution is 0.179. The maximum absolute atomic E-state index is 5.48. The SMILES string of the molecule is CCNC(CSc1nccn1C)C1CCOC1. The van der Waals surface area contributed by atoms with Gasteiger partial charge in [0.25, 0.3) is 0 Å². The molecule has 1 saturated heterocycles. The average Bonchev–Trinajstić information content (AvgIpc) is 2.96. The lowest BCUT2D eigenvalue weighted by atomic mass is 10.0. The first-order valence-corrected chi connectivity index (χ1v) is 7.21. The predicted molar refractivity (Wildman–Crippen MR) is 70.3 cm³/mol. The van der Waals surface area contributed by atoms with Crippen molar-refractivity contribution < 1.29 is 4.74 Å². The molecular formula is C12H21N3OS. The Morgan fingerprint density at radius 2 is 2.59 bits per heavy atom. The van der Waals surface area contributed by atoms with Gasteiger partial charge in [0.1, 0.15) is 0 Å². The lowest BCUT2D eigenvalue weighted by Crippen LogP contribution is -2.38. The molecule has 0 saturated carbocycles. The van der Waals surface area contributed by atoms with Gasteiger partial charge in [0, 0.05) is 43.8 Å². The number of aryl methyl sites for hydroxylation is 1. The van der Waals surface area contributed by atoms with Crippen LogP contribution in [0.2, 0.25) is 0 Å². The number of imidazole rings is 1. The number of rotatable bonds is 6. The van der Waals surface area contributed by atoms with Crippen LogP contribution >= 0.6 is 11.8 Å². The van der Waals surface area contributed by atoms with E-state index < -0.39 is 0 Å². The molecule has 0 radical (unpaired) electrons. The van der Waals surface area contributed by atoms with E-state index in [4.69, 9.17) is 4.74 Å². The van der Waals surface area contributed by atoms with Crippen LogP contribution in [-0.2, 0) is 11.8 Å². The first-order chi connectivity index (χ1) is 8.31. The van der Waals surface area contributed by atoms with Crippen LogP contribution < -0.4 is 5.32 Å². The molecule has 0 amide bonds. The Morgan fingerprint density at radius 3 is 3.18 bits per heavy atom. The third kappa shape index (κ3) is 3.47. The van der Waals surface area contributed by atoms with Crippen LogP contribution in [0.5, 0.6) is 0 Å². The Kier molecular flexibility index (Phi) is 4.88. The van der Waals surface area contributed by atoms with Crippen molar-refractivity contribution in [2.75, 3.05) is 25.5 Å². The van der Waals surface area contributed by atoms with Crippen LogP contribution in [0.25, 0.3) is 0 Å². The van der Waals surface area contributed by atoms with Crippen LogP contribution in [0.1, 0.15) is 13.3 Å². The number of nitrogens with one attached hydrogen (secondary N) is 1. The van der Waals surface area contributed by atoms with E-state index in [0.717, 1.165) is 30.7 Å². The van der Waals surface area contributed by atoms with Gasteiger partial charge in [-0.25, -0.2) is 4.98 Å². The van der Waals surface area contributed by atoms with Crippen molar-refractivity contribution in [2.24, 2.45) is 13.0 Å². The third-order valence-electron chi connectivity index (χ3n) is 3.17. The maximum Gasteiger partial charge on any atom is 0.167 e. The largest absolute Gasteiger partial charge is 0.381 e. The summed E-state index contributed by atoms with van der Waals surface area (Å²) in [4.78, 5) is 4.34. The predicted octanol–water partition coefficient (Wildman–Crippen LogP) is 1.53. The average molecular weight is 255 g/mol. The van der Waals surface area contributed by atoms with Gasteiger partial charge in [-0.3, -0.25) is 0 Å². The Hall–Kier alpha value is -0.520. The van der Waals surface area contributed by atoms with E-state index in [1.54, 1.807) is 0 Å². The zero-order chi connectivity index (χ0) is 12.1. The van der Waals surface area contributed by atoms with Crippen LogP contribution in [-0.4, -0.2) is 41.1 Å². The molecule has 5 heteroatoms. The molecule has 1 fully saturated rings. The topological polar surface area (TPSA) is 39.1 Å². The summed E-state index contributed by atoms with van der Waals surface area (Å²) < 4.78 is 7.54. The van der Waals surface area contributed by atoms with Crippen molar-refractivity contribution in [3.63, 3.8) is 0 Å². The number of nitrogens with zero attached hydrogens (tertiary/aromatic N) is 2. The minimum absolute atomic E-state index is 0.532. The Balaban J connectivity index is 1.86. The summed E-state index contributed by atoms with van der Waals surface area (Å²) in [5.41, 5.74) is 0. The van der Waals surface area contributed by atoms with Crippen LogP contribution in [0.3, 0.4) is 0 Å². The zero-order valence-corrected chi connectivity index (χ0v) is 11.4. The monoisotopic (exact) mass is 255 g/mol. The molecule has 1 aromatic rings. The second kappa shape index (κ2) is 6.42. The van der Waals surface area contributed by atoms with E-state index in [0.29, 0.717) is 12.0 Å². The quantitative estimate of drug-likeness (QED) is 0.782. The molecule has 2 atom stereocenters. The first kappa shape index (κ1) is 12.9.